The van der Waals surface area contributed by atoms with Crippen LogP contribution in [0.2, 0.25) is 0 Å². The Morgan fingerprint density at radius 2 is 1.69 bits per heavy atom. The van der Waals surface area contributed by atoms with Gasteiger partial charge in [-0.1, -0.05) is 30.3 Å². The molecule has 0 saturated heterocycles. The fraction of sp³-hybridized carbons (Fsp3) is 0.0952. The molecular weight excluding hydrogens is 454 g/mol. The number of amides is 1. The van der Waals surface area contributed by atoms with E-state index in [0.717, 1.165) is 24.3 Å². The molecule has 8 heteroatoms. The molecular formula is C21H18BrN3O3S. The van der Waals surface area contributed by atoms with Crippen LogP contribution in [0, 0.1) is 0 Å². The van der Waals surface area contributed by atoms with Crippen LogP contribution in [0.5, 0.6) is 0 Å². The van der Waals surface area contributed by atoms with Crippen LogP contribution in [0.1, 0.15) is 15.9 Å². The zero-order valence-corrected chi connectivity index (χ0v) is 17.7. The van der Waals surface area contributed by atoms with Gasteiger partial charge in [-0.05, 0) is 64.3 Å². The van der Waals surface area contributed by atoms with Crippen molar-refractivity contribution in [3.8, 4) is 0 Å². The summed E-state index contributed by atoms with van der Waals surface area (Å²) in [7, 11) is -3.91. The first kappa shape index (κ1) is 19.6. The van der Waals surface area contributed by atoms with Crippen molar-refractivity contribution in [3.05, 3.63) is 82.3 Å². The maximum absolute atomic E-state index is 12.9. The molecule has 1 heterocycles. The van der Waals surface area contributed by atoms with Crippen LogP contribution >= 0.6 is 15.9 Å². The highest BCUT2D eigenvalue weighted by molar-refractivity contribution is 9.10. The van der Waals surface area contributed by atoms with Gasteiger partial charge in [-0.2, -0.15) is 0 Å². The molecule has 0 fully saturated rings. The number of carbonyl (C=O) groups excluding carboxylic acids is 1. The second-order valence-electron chi connectivity index (χ2n) is 6.69. The third kappa shape index (κ3) is 3.91. The summed E-state index contributed by atoms with van der Waals surface area (Å²) in [5.74, 6) is -0.428. The fourth-order valence-electron chi connectivity index (χ4n) is 3.45. The van der Waals surface area contributed by atoms with Gasteiger partial charge in [0.25, 0.3) is 5.91 Å². The Morgan fingerprint density at radius 3 is 2.45 bits per heavy atom. The lowest BCUT2D eigenvalue weighted by Crippen LogP contribution is -2.19. The number of nitrogens with zero attached hydrogens (tertiary/aromatic N) is 1. The summed E-state index contributed by atoms with van der Waals surface area (Å²) < 4.78 is 23.8. The fourth-order valence-corrected chi connectivity index (χ4v) is 4.41. The number of hydrogen-bond acceptors (Lipinski definition) is 4. The van der Waals surface area contributed by atoms with E-state index in [4.69, 9.17) is 5.14 Å². The van der Waals surface area contributed by atoms with Crippen LogP contribution in [-0.2, 0) is 16.4 Å². The Morgan fingerprint density at radius 1 is 1.00 bits per heavy atom. The van der Waals surface area contributed by atoms with Crippen molar-refractivity contribution >= 4 is 48.9 Å². The molecule has 6 nitrogen and oxygen atoms in total. The zero-order valence-electron chi connectivity index (χ0n) is 15.3. The van der Waals surface area contributed by atoms with Gasteiger partial charge in [0, 0.05) is 16.7 Å². The summed E-state index contributed by atoms with van der Waals surface area (Å²) in [6.07, 6.45) is 0.931. The molecule has 0 aromatic heterocycles. The summed E-state index contributed by atoms with van der Waals surface area (Å²) in [4.78, 5) is 15.0. The van der Waals surface area contributed by atoms with E-state index in [0.29, 0.717) is 10.2 Å². The molecule has 0 bridgehead atoms. The van der Waals surface area contributed by atoms with E-state index in [9.17, 15) is 13.2 Å². The minimum atomic E-state index is -3.91. The summed E-state index contributed by atoms with van der Waals surface area (Å²) in [6.45, 7) is 0.816. The highest BCUT2D eigenvalue weighted by Gasteiger charge is 2.23. The SMILES string of the molecule is NS(=O)(=O)c1ccc(Br)c(C(=O)Nc2ccccc2N2CCc3ccccc32)c1. The van der Waals surface area contributed by atoms with Gasteiger partial charge >= 0.3 is 0 Å². The number of hydrogen-bond donors (Lipinski definition) is 2. The Kier molecular flexibility index (Phi) is 5.16. The van der Waals surface area contributed by atoms with Gasteiger partial charge in [0.2, 0.25) is 10.0 Å². The highest BCUT2D eigenvalue weighted by atomic mass is 79.9. The number of nitrogens with two attached hydrogens (primary N) is 1. The first-order valence-electron chi connectivity index (χ1n) is 8.93. The van der Waals surface area contributed by atoms with Crippen molar-refractivity contribution in [2.75, 3.05) is 16.8 Å². The van der Waals surface area contributed by atoms with Gasteiger partial charge in [0.1, 0.15) is 0 Å². The number of nitrogens with one attached hydrogen (secondary N) is 1. The predicted molar refractivity (Wildman–Crippen MR) is 117 cm³/mol. The molecule has 1 amide bonds. The Balaban J connectivity index is 1.68. The molecule has 29 heavy (non-hydrogen) atoms. The van der Waals surface area contributed by atoms with Gasteiger partial charge in [-0.15, -0.1) is 0 Å². The predicted octanol–water partition coefficient (Wildman–Crippen LogP) is 4.04. The zero-order chi connectivity index (χ0) is 20.6. The van der Waals surface area contributed by atoms with Crippen LogP contribution in [0.25, 0.3) is 0 Å². The van der Waals surface area contributed by atoms with E-state index in [1.807, 2.05) is 36.4 Å². The molecule has 0 radical (unpaired) electrons. The maximum Gasteiger partial charge on any atom is 0.256 e. The molecule has 4 rings (SSSR count). The number of carbonyl (C=O) groups is 1. The molecule has 3 aromatic carbocycles. The number of fused-ring (bicyclic) bond motifs is 1. The second-order valence-corrected chi connectivity index (χ2v) is 9.10. The van der Waals surface area contributed by atoms with Crippen LogP contribution in [0.4, 0.5) is 17.1 Å². The third-order valence-corrected chi connectivity index (χ3v) is 6.44. The lowest BCUT2D eigenvalue weighted by Gasteiger charge is -2.23. The molecule has 0 saturated carbocycles. The average molecular weight is 472 g/mol. The summed E-state index contributed by atoms with van der Waals surface area (Å²) in [5, 5.41) is 8.11. The molecule has 1 aliphatic rings. The first-order chi connectivity index (χ1) is 13.8. The number of para-hydroxylation sites is 3. The lowest BCUT2D eigenvalue weighted by atomic mass is 10.1. The normalized spacial score (nSPS) is 13.2. The highest BCUT2D eigenvalue weighted by Crippen LogP contribution is 2.38. The summed E-state index contributed by atoms with van der Waals surface area (Å²) in [5.41, 5.74) is 4.09. The van der Waals surface area contributed by atoms with E-state index in [-0.39, 0.29) is 10.5 Å². The lowest BCUT2D eigenvalue weighted by molar-refractivity contribution is 0.102. The van der Waals surface area contributed by atoms with Crippen molar-refractivity contribution in [2.24, 2.45) is 5.14 Å². The van der Waals surface area contributed by atoms with Crippen LogP contribution in [0.3, 0.4) is 0 Å². The molecule has 0 spiro atoms. The number of sulfonamides is 1. The van der Waals surface area contributed by atoms with Crippen LogP contribution < -0.4 is 15.4 Å². The summed E-state index contributed by atoms with van der Waals surface area (Å²) >= 11 is 3.31. The smallest absolute Gasteiger partial charge is 0.256 e. The van der Waals surface area contributed by atoms with E-state index < -0.39 is 15.9 Å². The molecule has 1 aliphatic heterocycles. The minimum Gasteiger partial charge on any atom is -0.339 e. The first-order valence-corrected chi connectivity index (χ1v) is 11.3. The van der Waals surface area contributed by atoms with Crippen molar-refractivity contribution in [1.29, 1.82) is 0 Å². The van der Waals surface area contributed by atoms with Gasteiger partial charge < -0.3 is 10.2 Å². The third-order valence-electron chi connectivity index (χ3n) is 4.84. The number of rotatable bonds is 4. The average Bonchev–Trinajstić information content (AvgIpc) is 3.12. The standard InChI is InChI=1S/C21H18BrN3O3S/c22-17-10-9-15(29(23,27)28)13-16(17)21(26)24-18-6-2-4-8-20(18)25-12-11-14-5-1-3-7-19(14)25/h1-10,13H,11-12H2,(H,24,26)(H2,23,27,28). The molecule has 0 aliphatic carbocycles. The number of anilines is 3. The van der Waals surface area contributed by atoms with Crippen molar-refractivity contribution in [2.45, 2.75) is 11.3 Å². The van der Waals surface area contributed by atoms with Crippen molar-refractivity contribution < 1.29 is 13.2 Å². The van der Waals surface area contributed by atoms with Crippen LogP contribution in [-0.4, -0.2) is 20.9 Å². The molecule has 0 unspecified atom stereocenters. The van der Waals surface area contributed by atoms with E-state index in [2.05, 4.69) is 38.3 Å². The quantitative estimate of drug-likeness (QED) is 0.600. The van der Waals surface area contributed by atoms with E-state index >= 15 is 0 Å². The van der Waals surface area contributed by atoms with E-state index in [1.165, 1.54) is 23.8 Å². The molecule has 3 aromatic rings. The number of halogens is 1. The second kappa shape index (κ2) is 7.62. The van der Waals surface area contributed by atoms with Gasteiger partial charge in [-0.3, -0.25) is 4.79 Å². The van der Waals surface area contributed by atoms with Gasteiger partial charge in [0.15, 0.2) is 0 Å². The van der Waals surface area contributed by atoms with Crippen molar-refractivity contribution in [3.63, 3.8) is 0 Å². The van der Waals surface area contributed by atoms with Crippen molar-refractivity contribution in [1.82, 2.24) is 0 Å². The molecule has 0 atom stereocenters. The van der Waals surface area contributed by atoms with Crippen LogP contribution in [0.15, 0.2) is 76.1 Å². The molecule has 148 valence electrons. The topological polar surface area (TPSA) is 92.5 Å². The Labute approximate surface area is 177 Å². The number of benzene rings is 3. The molecule has 3 N–H and O–H groups in total. The maximum atomic E-state index is 12.9. The Hall–Kier alpha value is -2.68. The largest absolute Gasteiger partial charge is 0.339 e. The summed E-state index contributed by atoms with van der Waals surface area (Å²) in [6, 6.07) is 19.8. The Bertz CT molecular complexity index is 1210. The minimum absolute atomic E-state index is 0.118. The van der Waals surface area contributed by atoms with E-state index in [1.54, 1.807) is 0 Å². The van der Waals surface area contributed by atoms with Gasteiger partial charge in [-0.25, -0.2) is 13.6 Å². The monoisotopic (exact) mass is 471 g/mol. The number of primary sulfonamides is 1. The van der Waals surface area contributed by atoms with Gasteiger partial charge in [0.05, 0.1) is 21.8 Å².